The molecule has 2 aromatic rings. The Labute approximate surface area is 133 Å². The van der Waals surface area contributed by atoms with Gasteiger partial charge in [0.25, 0.3) is 0 Å². The third kappa shape index (κ3) is 4.30. The van der Waals surface area contributed by atoms with E-state index in [0.717, 1.165) is 27.6 Å². The van der Waals surface area contributed by atoms with Crippen molar-refractivity contribution in [3.63, 3.8) is 0 Å². The third-order valence-electron chi connectivity index (χ3n) is 3.50. The molecule has 2 aromatic carbocycles. The van der Waals surface area contributed by atoms with E-state index < -0.39 is 0 Å². The largest absolute Gasteiger partial charge is 0.508 e. The maximum absolute atomic E-state index is 10.0. The number of aliphatic hydroxyl groups excluding tert-OH is 1. The van der Waals surface area contributed by atoms with Gasteiger partial charge in [0.1, 0.15) is 5.75 Å². The van der Waals surface area contributed by atoms with Crippen molar-refractivity contribution in [2.24, 2.45) is 0 Å². The average molecular weight is 350 g/mol. The molecule has 1 atom stereocenters. The molecule has 4 heteroatoms. The Balaban J connectivity index is 2.10. The molecule has 0 radical (unpaired) electrons. The minimum atomic E-state index is 0.0530. The zero-order valence-corrected chi connectivity index (χ0v) is 13.6. The van der Waals surface area contributed by atoms with Gasteiger partial charge in [-0.2, -0.15) is 0 Å². The molecule has 0 amide bonds. The molecule has 2 rings (SSSR count). The number of hydrogen-bond acceptors (Lipinski definition) is 3. The van der Waals surface area contributed by atoms with Crippen LogP contribution in [-0.4, -0.2) is 10.2 Å². The zero-order valence-electron chi connectivity index (χ0n) is 12.0. The summed E-state index contributed by atoms with van der Waals surface area (Å²) in [5.74, 6) is 0.307. The molecular weight excluding hydrogens is 330 g/mol. The third-order valence-corrected chi connectivity index (χ3v) is 3.99. The lowest BCUT2D eigenvalue weighted by Gasteiger charge is -2.19. The van der Waals surface area contributed by atoms with E-state index in [1.807, 2.05) is 36.4 Å². The van der Waals surface area contributed by atoms with Crippen LogP contribution in [0, 0.1) is 0 Å². The van der Waals surface area contributed by atoms with Crippen LogP contribution in [-0.2, 0) is 13.2 Å². The summed E-state index contributed by atoms with van der Waals surface area (Å²) in [6, 6.07) is 13.4. The van der Waals surface area contributed by atoms with Gasteiger partial charge in [-0.3, -0.25) is 0 Å². The molecule has 0 heterocycles. The van der Waals surface area contributed by atoms with Crippen molar-refractivity contribution in [3.8, 4) is 5.75 Å². The average Bonchev–Trinajstić information content (AvgIpc) is 2.51. The van der Waals surface area contributed by atoms with Crippen LogP contribution in [0.2, 0.25) is 0 Å². The number of halogens is 1. The first-order valence-electron chi connectivity index (χ1n) is 7.04. The summed E-state index contributed by atoms with van der Waals surface area (Å²) in [7, 11) is 0. The van der Waals surface area contributed by atoms with Crippen LogP contribution in [0.4, 0.5) is 0 Å². The summed E-state index contributed by atoms with van der Waals surface area (Å²) in [6.45, 7) is 2.83. The van der Waals surface area contributed by atoms with E-state index in [0.29, 0.717) is 12.3 Å². The number of aromatic hydroxyl groups is 1. The molecular formula is C17H20BrNO2. The Morgan fingerprint density at radius 3 is 2.62 bits per heavy atom. The van der Waals surface area contributed by atoms with E-state index in [1.165, 1.54) is 0 Å². The van der Waals surface area contributed by atoms with Crippen LogP contribution in [0.25, 0.3) is 0 Å². The maximum Gasteiger partial charge on any atom is 0.120 e. The topological polar surface area (TPSA) is 52.5 Å². The Kier molecular flexibility index (Phi) is 5.79. The molecule has 0 fully saturated rings. The highest BCUT2D eigenvalue weighted by Crippen LogP contribution is 2.29. The first-order chi connectivity index (χ1) is 10.1. The second-order valence-corrected chi connectivity index (χ2v) is 5.94. The maximum atomic E-state index is 10.0. The van der Waals surface area contributed by atoms with Crippen LogP contribution in [0.5, 0.6) is 5.75 Å². The van der Waals surface area contributed by atoms with E-state index in [4.69, 9.17) is 0 Å². The van der Waals surface area contributed by atoms with E-state index >= 15 is 0 Å². The van der Waals surface area contributed by atoms with Gasteiger partial charge in [0.05, 0.1) is 6.61 Å². The summed E-state index contributed by atoms with van der Waals surface area (Å²) in [6.07, 6.45) is 0.879. The molecule has 0 bridgehead atoms. The van der Waals surface area contributed by atoms with Gasteiger partial charge >= 0.3 is 0 Å². The predicted molar refractivity (Wildman–Crippen MR) is 88.0 cm³/mol. The van der Waals surface area contributed by atoms with Crippen LogP contribution in [0.3, 0.4) is 0 Å². The summed E-state index contributed by atoms with van der Waals surface area (Å²) >= 11 is 3.44. The fourth-order valence-corrected chi connectivity index (χ4v) is 2.74. The van der Waals surface area contributed by atoms with Gasteiger partial charge < -0.3 is 15.5 Å². The number of aliphatic hydroxyl groups is 1. The van der Waals surface area contributed by atoms with E-state index in [-0.39, 0.29) is 12.6 Å². The minimum absolute atomic E-state index is 0.0530. The fourth-order valence-electron chi connectivity index (χ4n) is 2.36. The van der Waals surface area contributed by atoms with Crippen molar-refractivity contribution < 1.29 is 10.2 Å². The zero-order chi connectivity index (χ0) is 15.2. The highest BCUT2D eigenvalue weighted by Gasteiger charge is 2.13. The summed E-state index contributed by atoms with van der Waals surface area (Å²) in [5.41, 5.74) is 2.92. The number of phenols is 1. The summed E-state index contributed by atoms with van der Waals surface area (Å²) in [4.78, 5) is 0. The highest BCUT2D eigenvalue weighted by molar-refractivity contribution is 9.10. The van der Waals surface area contributed by atoms with Crippen molar-refractivity contribution in [1.82, 2.24) is 5.32 Å². The van der Waals surface area contributed by atoms with Gasteiger partial charge in [0.15, 0.2) is 0 Å². The molecule has 0 aromatic heterocycles. The molecule has 21 heavy (non-hydrogen) atoms. The van der Waals surface area contributed by atoms with E-state index in [9.17, 15) is 10.2 Å². The van der Waals surface area contributed by atoms with Gasteiger partial charge in [-0.25, -0.2) is 0 Å². The lowest BCUT2D eigenvalue weighted by Crippen LogP contribution is -2.20. The molecule has 0 saturated heterocycles. The minimum Gasteiger partial charge on any atom is -0.508 e. The quantitative estimate of drug-likeness (QED) is 0.741. The Hall–Kier alpha value is -1.36. The lowest BCUT2D eigenvalue weighted by molar-refractivity contribution is 0.281. The fraction of sp³-hybridized carbons (Fsp3) is 0.294. The van der Waals surface area contributed by atoms with E-state index in [1.54, 1.807) is 6.07 Å². The second kappa shape index (κ2) is 7.59. The van der Waals surface area contributed by atoms with Crippen LogP contribution >= 0.6 is 15.9 Å². The van der Waals surface area contributed by atoms with Gasteiger partial charge in [-0.1, -0.05) is 47.1 Å². The van der Waals surface area contributed by atoms with Crippen molar-refractivity contribution in [2.75, 3.05) is 0 Å². The normalized spacial score (nSPS) is 12.3. The number of nitrogens with one attached hydrogen (secondary N) is 1. The Bertz CT molecular complexity index is 601. The van der Waals surface area contributed by atoms with Crippen molar-refractivity contribution >= 4 is 15.9 Å². The molecule has 0 saturated carbocycles. The van der Waals surface area contributed by atoms with Crippen LogP contribution < -0.4 is 5.32 Å². The van der Waals surface area contributed by atoms with Gasteiger partial charge in [-0.05, 0) is 35.7 Å². The molecule has 0 aliphatic carbocycles. The van der Waals surface area contributed by atoms with Crippen molar-refractivity contribution in [2.45, 2.75) is 32.5 Å². The smallest absolute Gasteiger partial charge is 0.120 e. The number of rotatable bonds is 6. The SMILES string of the molecule is CCC(NCc1cccc(CO)c1)c1cc(Br)ccc1O. The molecule has 0 aliphatic rings. The van der Waals surface area contributed by atoms with Crippen molar-refractivity contribution in [1.29, 1.82) is 0 Å². The number of hydrogen-bond donors (Lipinski definition) is 3. The van der Waals surface area contributed by atoms with Crippen LogP contribution in [0.1, 0.15) is 36.1 Å². The Morgan fingerprint density at radius 1 is 1.14 bits per heavy atom. The highest BCUT2D eigenvalue weighted by atomic mass is 79.9. The van der Waals surface area contributed by atoms with Gasteiger partial charge in [-0.15, -0.1) is 0 Å². The first kappa shape index (κ1) is 16.0. The van der Waals surface area contributed by atoms with Crippen LogP contribution in [0.15, 0.2) is 46.9 Å². The number of benzene rings is 2. The number of phenolic OH excluding ortho intramolecular Hbond substituents is 1. The van der Waals surface area contributed by atoms with E-state index in [2.05, 4.69) is 28.2 Å². The monoisotopic (exact) mass is 349 g/mol. The molecule has 3 nitrogen and oxygen atoms in total. The summed E-state index contributed by atoms with van der Waals surface area (Å²) in [5, 5.41) is 22.7. The molecule has 112 valence electrons. The van der Waals surface area contributed by atoms with Gasteiger partial charge in [0.2, 0.25) is 0 Å². The molecule has 0 aliphatic heterocycles. The molecule has 3 N–H and O–H groups in total. The first-order valence-corrected chi connectivity index (χ1v) is 7.83. The lowest BCUT2D eigenvalue weighted by atomic mass is 10.0. The van der Waals surface area contributed by atoms with Gasteiger partial charge in [0, 0.05) is 22.6 Å². The second-order valence-electron chi connectivity index (χ2n) is 5.02. The summed E-state index contributed by atoms with van der Waals surface area (Å²) < 4.78 is 0.956. The molecule has 0 spiro atoms. The predicted octanol–water partition coefficient (Wildman–Crippen LogP) is 3.89. The Morgan fingerprint density at radius 2 is 1.90 bits per heavy atom. The van der Waals surface area contributed by atoms with Crippen molar-refractivity contribution in [3.05, 3.63) is 63.6 Å². The standard InChI is InChI=1S/C17H20BrNO2/c1-2-16(15-9-14(18)6-7-17(15)21)19-10-12-4-3-5-13(8-12)11-20/h3-9,16,19-21H,2,10-11H2,1H3. The molecule has 1 unspecified atom stereocenters.